The van der Waals surface area contributed by atoms with E-state index in [0.717, 1.165) is 31.5 Å². The first-order chi connectivity index (χ1) is 19.8. The predicted octanol–water partition coefficient (Wildman–Crippen LogP) is 2.88. The molecule has 1 amide bonds. The SMILES string of the molecule is BC(B)(B)Oc1c(Oc2ccc(OC(F)(F)F)c(F)c2C(=O)Nc2ccnc(C(=O)OC)c2)ccc(OC(F)(F)F)c1F. The molecule has 0 radical (unpaired) electrons. The minimum absolute atomic E-state index is 0.190. The molecule has 0 saturated carbocycles. The van der Waals surface area contributed by atoms with E-state index >= 15 is 8.78 Å². The third-order valence-electron chi connectivity index (χ3n) is 4.81. The molecule has 0 bridgehead atoms. The zero-order valence-electron chi connectivity index (χ0n) is 22.4. The highest BCUT2D eigenvalue weighted by Crippen LogP contribution is 2.43. The Morgan fingerprint density at radius 1 is 0.791 bits per heavy atom. The van der Waals surface area contributed by atoms with E-state index in [4.69, 9.17) is 9.47 Å². The molecule has 0 atom stereocenters. The van der Waals surface area contributed by atoms with Crippen LogP contribution in [0.25, 0.3) is 0 Å². The summed E-state index contributed by atoms with van der Waals surface area (Å²) in [4.78, 5) is 28.6. The van der Waals surface area contributed by atoms with Crippen molar-refractivity contribution in [3.05, 3.63) is 65.5 Å². The fourth-order valence-electron chi connectivity index (χ4n) is 3.28. The summed E-state index contributed by atoms with van der Waals surface area (Å²) >= 11 is 0. The number of esters is 1. The number of nitrogens with one attached hydrogen (secondary N) is 1. The molecule has 0 aliphatic heterocycles. The van der Waals surface area contributed by atoms with Crippen LogP contribution in [0.1, 0.15) is 20.8 Å². The molecule has 2 aromatic carbocycles. The first-order valence-corrected chi connectivity index (χ1v) is 11.7. The molecule has 0 saturated heterocycles. The van der Waals surface area contributed by atoms with Crippen LogP contribution in [0.2, 0.25) is 0 Å². The third-order valence-corrected chi connectivity index (χ3v) is 4.81. The minimum atomic E-state index is -5.39. The van der Waals surface area contributed by atoms with Gasteiger partial charge in [-0.2, -0.15) is 4.39 Å². The summed E-state index contributed by atoms with van der Waals surface area (Å²) in [6.07, 6.45) is -9.63. The summed E-state index contributed by atoms with van der Waals surface area (Å²) in [5.41, 5.74) is -1.70. The quantitative estimate of drug-likeness (QED) is 0.222. The second kappa shape index (κ2) is 12.3. The normalized spacial score (nSPS) is 11.8. The fourth-order valence-corrected chi connectivity index (χ4v) is 3.28. The second-order valence-corrected chi connectivity index (χ2v) is 9.24. The maximum absolute atomic E-state index is 15.4. The lowest BCUT2D eigenvalue weighted by Gasteiger charge is -2.25. The summed E-state index contributed by atoms with van der Waals surface area (Å²) in [7, 11) is 5.23. The Morgan fingerprint density at radius 2 is 1.33 bits per heavy atom. The van der Waals surface area contributed by atoms with Gasteiger partial charge in [0.1, 0.15) is 40.5 Å². The standard InChI is InChI=1S/C23H17B3F8N2O7/c1-39-20(38)10-8-9(6-7-35-10)36-19(37)15-11(2-3-12(16(15)27)41-22(29,30)31)40-14-5-4-13(42-23(32,33)34)17(28)18(14)43-21(24,25)26/h2-8H,24-26H2,1H3,(H,35,36,37). The number of carbonyl (C=O) groups is 2. The number of rotatable bonds is 9. The van der Waals surface area contributed by atoms with E-state index in [1.165, 1.54) is 23.5 Å². The van der Waals surface area contributed by atoms with Crippen molar-refractivity contribution in [2.24, 2.45) is 0 Å². The number of hydrogen-bond donors (Lipinski definition) is 1. The molecule has 0 aliphatic carbocycles. The van der Waals surface area contributed by atoms with Crippen LogP contribution in [0.3, 0.4) is 0 Å². The number of methoxy groups -OCH3 is 1. The van der Waals surface area contributed by atoms with Crippen molar-refractivity contribution in [1.82, 2.24) is 4.98 Å². The Hall–Kier alpha value is -4.64. The number of ether oxygens (including phenoxy) is 5. The van der Waals surface area contributed by atoms with Crippen molar-refractivity contribution >= 4 is 41.1 Å². The summed E-state index contributed by atoms with van der Waals surface area (Å²) in [5, 5.41) is 0.880. The van der Waals surface area contributed by atoms with Gasteiger partial charge in [-0.1, -0.05) is 0 Å². The van der Waals surface area contributed by atoms with E-state index in [-0.39, 0.29) is 11.4 Å². The van der Waals surface area contributed by atoms with E-state index in [1.54, 1.807) is 0 Å². The number of amides is 1. The molecule has 1 heterocycles. The topological polar surface area (TPSA) is 105 Å². The molecule has 1 aromatic heterocycles. The lowest BCUT2D eigenvalue weighted by Crippen LogP contribution is -2.38. The van der Waals surface area contributed by atoms with Crippen LogP contribution in [0.15, 0.2) is 42.6 Å². The van der Waals surface area contributed by atoms with Crippen LogP contribution in [0.4, 0.5) is 40.8 Å². The molecule has 0 fully saturated rings. The summed E-state index contributed by atoms with van der Waals surface area (Å²) in [5.74, 6) is -11.2. The minimum Gasteiger partial charge on any atom is -0.508 e. The van der Waals surface area contributed by atoms with Gasteiger partial charge in [0.2, 0.25) is 5.82 Å². The number of benzene rings is 2. The molecule has 0 aliphatic rings. The highest BCUT2D eigenvalue weighted by atomic mass is 19.4. The monoisotopic (exact) mass is 618 g/mol. The van der Waals surface area contributed by atoms with E-state index in [9.17, 15) is 35.9 Å². The van der Waals surface area contributed by atoms with Crippen molar-refractivity contribution in [1.29, 1.82) is 0 Å². The highest BCUT2D eigenvalue weighted by molar-refractivity contribution is 6.58. The molecule has 9 nitrogen and oxygen atoms in total. The van der Waals surface area contributed by atoms with Gasteiger partial charge in [0, 0.05) is 17.2 Å². The van der Waals surface area contributed by atoms with Crippen LogP contribution in [0.5, 0.6) is 28.7 Å². The van der Waals surface area contributed by atoms with Gasteiger partial charge in [-0.3, -0.25) is 4.79 Å². The molecule has 43 heavy (non-hydrogen) atoms. The van der Waals surface area contributed by atoms with Gasteiger partial charge < -0.3 is 29.0 Å². The van der Waals surface area contributed by atoms with Crippen LogP contribution < -0.4 is 24.3 Å². The zero-order chi connectivity index (χ0) is 32.3. The lowest BCUT2D eigenvalue weighted by atomic mass is 9.52. The molecule has 3 aromatic rings. The molecular formula is C23H17B3F8N2O7. The Labute approximate surface area is 239 Å². The average Bonchev–Trinajstić information content (AvgIpc) is 2.87. The summed E-state index contributed by atoms with van der Waals surface area (Å²) in [6, 6.07) is 4.47. The van der Waals surface area contributed by atoms with E-state index in [2.05, 4.69) is 24.5 Å². The lowest BCUT2D eigenvalue weighted by molar-refractivity contribution is -0.276. The molecule has 226 valence electrons. The van der Waals surface area contributed by atoms with Crippen molar-refractivity contribution in [2.75, 3.05) is 12.4 Å². The van der Waals surface area contributed by atoms with Crippen LogP contribution in [0, 0.1) is 11.6 Å². The number of anilines is 1. The number of aromatic nitrogens is 1. The van der Waals surface area contributed by atoms with Gasteiger partial charge >= 0.3 is 18.7 Å². The smallest absolute Gasteiger partial charge is 0.508 e. The average molecular weight is 618 g/mol. The highest BCUT2D eigenvalue weighted by Gasteiger charge is 2.36. The first kappa shape index (κ1) is 32.9. The van der Waals surface area contributed by atoms with Crippen LogP contribution >= 0.6 is 0 Å². The first-order valence-electron chi connectivity index (χ1n) is 11.7. The Balaban J connectivity index is 2.14. The molecule has 0 spiro atoms. The van der Waals surface area contributed by atoms with E-state index < -0.39 is 75.8 Å². The third kappa shape index (κ3) is 8.92. The largest absolute Gasteiger partial charge is 0.573 e. The number of halogens is 8. The predicted molar refractivity (Wildman–Crippen MR) is 139 cm³/mol. The molecule has 3 rings (SSSR count). The van der Waals surface area contributed by atoms with Gasteiger partial charge in [-0.25, -0.2) is 14.2 Å². The Morgan fingerprint density at radius 3 is 1.86 bits per heavy atom. The number of nitrogens with zero attached hydrogens (tertiary/aromatic N) is 1. The fraction of sp³-hybridized carbons (Fsp3) is 0.174. The van der Waals surface area contributed by atoms with Gasteiger partial charge in [-0.15, -0.1) is 26.3 Å². The maximum Gasteiger partial charge on any atom is 0.573 e. The van der Waals surface area contributed by atoms with Gasteiger partial charge in [0.05, 0.1) is 7.11 Å². The Bertz CT molecular complexity index is 1530. The number of hydrogen-bond acceptors (Lipinski definition) is 8. The Kier molecular flexibility index (Phi) is 9.41. The number of pyridine rings is 1. The summed E-state index contributed by atoms with van der Waals surface area (Å²) < 4.78 is 130. The van der Waals surface area contributed by atoms with Crippen molar-refractivity contribution in [3.63, 3.8) is 0 Å². The number of alkyl halides is 6. The number of carbonyl (C=O) groups excluding carboxylic acids is 2. The van der Waals surface area contributed by atoms with Gasteiger partial charge in [-0.05, 0) is 36.4 Å². The van der Waals surface area contributed by atoms with Crippen molar-refractivity contribution in [3.8, 4) is 28.7 Å². The molecule has 0 unspecified atom stereocenters. The van der Waals surface area contributed by atoms with E-state index in [1.807, 2.05) is 0 Å². The van der Waals surface area contributed by atoms with E-state index in [0.29, 0.717) is 18.2 Å². The van der Waals surface area contributed by atoms with Crippen molar-refractivity contribution < 1.29 is 68.4 Å². The van der Waals surface area contributed by atoms with Crippen molar-refractivity contribution in [2.45, 2.75) is 18.0 Å². The van der Waals surface area contributed by atoms with Crippen LogP contribution in [-0.2, 0) is 4.74 Å². The second-order valence-electron chi connectivity index (χ2n) is 9.24. The molecular weight excluding hydrogens is 601 g/mol. The van der Waals surface area contributed by atoms with Gasteiger partial charge in [0.25, 0.3) is 5.91 Å². The molecule has 20 heteroatoms. The van der Waals surface area contributed by atoms with Crippen LogP contribution in [-0.4, -0.2) is 65.5 Å². The van der Waals surface area contributed by atoms with Gasteiger partial charge in [0.15, 0.2) is 28.8 Å². The zero-order valence-corrected chi connectivity index (χ0v) is 22.4. The summed E-state index contributed by atoms with van der Waals surface area (Å²) in [6.45, 7) is 0. The molecule has 1 N–H and O–H groups in total. The maximum atomic E-state index is 15.4.